The van der Waals surface area contributed by atoms with Crippen molar-refractivity contribution >= 4 is 34.2 Å². The smallest absolute Gasteiger partial charge is 0.405 e. The summed E-state index contributed by atoms with van der Waals surface area (Å²) in [6.45, 7) is 3.03. The summed E-state index contributed by atoms with van der Waals surface area (Å²) in [4.78, 5) is 53.5. The molecule has 3 aliphatic rings. The number of nitrogens with one attached hydrogen (secondary N) is 2. The number of piperidine rings is 3. The van der Waals surface area contributed by atoms with Gasteiger partial charge < -0.3 is 19.5 Å². The number of likely N-dealkylation sites (tertiary alicyclic amines) is 2. The van der Waals surface area contributed by atoms with Crippen molar-refractivity contribution in [3.8, 4) is 16.9 Å². The normalized spacial score (nSPS) is 19.2. The van der Waals surface area contributed by atoms with Crippen molar-refractivity contribution in [2.24, 2.45) is 13.0 Å². The van der Waals surface area contributed by atoms with Crippen molar-refractivity contribution in [3.63, 3.8) is 0 Å². The predicted octanol–water partition coefficient (Wildman–Crippen LogP) is 5.98. The van der Waals surface area contributed by atoms with E-state index in [1.54, 1.807) is 49.6 Å². The number of nitrogens with zero attached hydrogens (tertiary/aromatic N) is 3. The zero-order valence-corrected chi connectivity index (χ0v) is 30.2. The third-order valence-corrected chi connectivity index (χ3v) is 11.1. The first-order chi connectivity index (χ1) is 25.9. The molecule has 1 atom stereocenters. The summed E-state index contributed by atoms with van der Waals surface area (Å²) in [5.74, 6) is -0.224. The Morgan fingerprint density at radius 2 is 1.59 bits per heavy atom. The lowest BCUT2D eigenvalue weighted by Crippen LogP contribution is -2.47. The highest BCUT2D eigenvalue weighted by Crippen LogP contribution is 2.36. The summed E-state index contributed by atoms with van der Waals surface area (Å²) in [5.41, 5.74) is 3.48. The number of hydrogen-bond acceptors (Lipinski definition) is 7. The van der Waals surface area contributed by atoms with Crippen molar-refractivity contribution < 1.29 is 32.3 Å². The van der Waals surface area contributed by atoms with Crippen LogP contribution in [0.5, 0.6) is 5.75 Å². The molecule has 4 aromatic rings. The van der Waals surface area contributed by atoms with Crippen LogP contribution in [-0.2, 0) is 27.9 Å². The second-order valence-electron chi connectivity index (χ2n) is 14.7. The molecule has 0 saturated carbocycles. The molecule has 0 radical (unpaired) electrons. The van der Waals surface area contributed by atoms with Gasteiger partial charge in [0, 0.05) is 49.4 Å². The van der Waals surface area contributed by atoms with E-state index in [-0.39, 0.29) is 34.9 Å². The minimum absolute atomic E-state index is 0.0954. The highest BCUT2D eigenvalue weighted by molar-refractivity contribution is 6.01. The maximum atomic E-state index is 13.6. The maximum Gasteiger partial charge on any atom is 0.573 e. The van der Waals surface area contributed by atoms with Crippen LogP contribution in [0.2, 0.25) is 0 Å². The molecule has 1 aromatic heterocycles. The molecule has 0 aliphatic carbocycles. The third kappa shape index (κ3) is 8.62. The number of anilines is 1. The number of benzene rings is 3. The molecule has 3 amide bonds. The van der Waals surface area contributed by atoms with E-state index in [0.717, 1.165) is 31.4 Å². The van der Waals surface area contributed by atoms with Gasteiger partial charge in [-0.15, -0.1) is 13.2 Å². The van der Waals surface area contributed by atoms with Crippen LogP contribution in [-0.4, -0.2) is 77.2 Å². The number of alkyl halides is 3. The Balaban J connectivity index is 0.909. The van der Waals surface area contributed by atoms with E-state index in [0.29, 0.717) is 85.4 Å². The number of pyridine rings is 1. The number of rotatable bonds is 9. The Hall–Kier alpha value is -5.17. The van der Waals surface area contributed by atoms with Crippen LogP contribution in [0.1, 0.15) is 55.6 Å². The van der Waals surface area contributed by atoms with Crippen LogP contribution in [0.4, 0.5) is 18.9 Å². The lowest BCUT2D eigenvalue weighted by atomic mass is 9.88. The van der Waals surface area contributed by atoms with Crippen molar-refractivity contribution in [2.75, 3.05) is 38.0 Å². The number of aromatic nitrogens is 1. The van der Waals surface area contributed by atoms with Crippen molar-refractivity contribution in [2.45, 2.75) is 63.3 Å². The van der Waals surface area contributed by atoms with E-state index < -0.39 is 12.4 Å². The molecular weight excluding hydrogens is 699 g/mol. The van der Waals surface area contributed by atoms with Crippen LogP contribution in [0.3, 0.4) is 0 Å². The van der Waals surface area contributed by atoms with E-state index in [2.05, 4.69) is 32.4 Å². The molecule has 0 bridgehead atoms. The van der Waals surface area contributed by atoms with E-state index in [1.807, 2.05) is 17.0 Å². The lowest BCUT2D eigenvalue weighted by molar-refractivity contribution is -0.274. The zero-order chi connectivity index (χ0) is 38.0. The lowest BCUT2D eigenvalue weighted by Gasteiger charge is -2.36. The number of carbonyl (C=O) groups is 3. The first kappa shape index (κ1) is 37.2. The summed E-state index contributed by atoms with van der Waals surface area (Å²) < 4.78 is 46.8. The van der Waals surface area contributed by atoms with E-state index in [1.165, 1.54) is 16.2 Å². The Labute approximate surface area is 311 Å². The largest absolute Gasteiger partial charge is 0.573 e. The number of aryl methyl sites for hydroxylation is 1. The van der Waals surface area contributed by atoms with Gasteiger partial charge in [0.05, 0.1) is 6.54 Å². The van der Waals surface area contributed by atoms with Crippen LogP contribution >= 0.6 is 0 Å². The van der Waals surface area contributed by atoms with Gasteiger partial charge in [-0.1, -0.05) is 42.5 Å². The Morgan fingerprint density at radius 3 is 2.28 bits per heavy atom. The van der Waals surface area contributed by atoms with Gasteiger partial charge >= 0.3 is 6.36 Å². The molecule has 1 unspecified atom stereocenters. The highest BCUT2D eigenvalue weighted by atomic mass is 19.4. The molecule has 3 saturated heterocycles. The van der Waals surface area contributed by atoms with Gasteiger partial charge in [0.1, 0.15) is 11.8 Å². The predicted molar refractivity (Wildman–Crippen MR) is 199 cm³/mol. The topological polar surface area (TPSA) is 113 Å². The van der Waals surface area contributed by atoms with E-state index in [9.17, 15) is 32.3 Å². The number of ether oxygens (including phenoxy) is 1. The van der Waals surface area contributed by atoms with Crippen molar-refractivity contribution in [3.05, 3.63) is 94.4 Å². The van der Waals surface area contributed by atoms with Crippen LogP contribution in [0.25, 0.3) is 21.9 Å². The fourth-order valence-electron chi connectivity index (χ4n) is 8.05. The van der Waals surface area contributed by atoms with Gasteiger partial charge in [-0.05, 0) is 110 Å². The fourth-order valence-corrected chi connectivity index (χ4v) is 8.05. The molecule has 4 heterocycles. The highest BCUT2D eigenvalue weighted by Gasteiger charge is 2.33. The van der Waals surface area contributed by atoms with Gasteiger partial charge in [-0.25, -0.2) is 0 Å². The number of hydrogen-bond donors (Lipinski definition) is 2. The average Bonchev–Trinajstić information content (AvgIpc) is 3.15. The Bertz CT molecular complexity index is 2080. The minimum atomic E-state index is -4.86. The van der Waals surface area contributed by atoms with E-state index in [4.69, 9.17) is 0 Å². The maximum absolute atomic E-state index is 13.6. The molecule has 13 heteroatoms. The molecular formula is C41H44F3N5O5. The SMILES string of the molecule is Cn1cc(-c2ccc(CC3CCN(CC(=O)N4CCC(c5ccc(NC6CCC(=O)NC6=O)cc5)CC4)CC3)c(OC(F)(F)F)c2)c2ccccc2c1=O. The molecule has 54 heavy (non-hydrogen) atoms. The second-order valence-corrected chi connectivity index (χ2v) is 14.7. The van der Waals surface area contributed by atoms with Crippen molar-refractivity contribution in [1.29, 1.82) is 0 Å². The standard InChI is InChI=1S/C41H44F3N5O5/c1-47-24-34(32-4-2-3-5-33(32)40(47)53)29-6-7-30(36(23-29)54-41(42,43)44)22-26-14-18-48(19-15-26)25-38(51)49-20-16-28(17-21-49)27-8-10-31(11-9-27)45-35-12-13-37(50)46-39(35)52/h2-11,23-24,26,28,35,45H,12-22,25H2,1H3,(H,46,50,52). The van der Waals surface area contributed by atoms with Crippen LogP contribution in [0.15, 0.2) is 77.7 Å². The molecule has 284 valence electrons. The van der Waals surface area contributed by atoms with Crippen molar-refractivity contribution in [1.82, 2.24) is 19.7 Å². The van der Waals surface area contributed by atoms with Gasteiger partial charge in [0.2, 0.25) is 17.7 Å². The van der Waals surface area contributed by atoms with Gasteiger partial charge in [-0.2, -0.15) is 0 Å². The number of halogens is 3. The van der Waals surface area contributed by atoms with Gasteiger partial charge in [0.25, 0.3) is 5.56 Å². The molecule has 7 rings (SSSR count). The summed E-state index contributed by atoms with van der Waals surface area (Å²) >= 11 is 0. The fraction of sp³-hybridized carbons (Fsp3) is 0.415. The molecule has 0 spiro atoms. The Morgan fingerprint density at radius 1 is 0.889 bits per heavy atom. The van der Waals surface area contributed by atoms with E-state index >= 15 is 0 Å². The molecule has 3 aliphatic heterocycles. The number of carbonyl (C=O) groups excluding carboxylic acids is 3. The summed E-state index contributed by atoms with van der Waals surface area (Å²) in [6, 6.07) is 19.6. The number of fused-ring (bicyclic) bond motifs is 1. The molecule has 3 fully saturated rings. The van der Waals surface area contributed by atoms with Gasteiger partial charge in [0.15, 0.2) is 0 Å². The molecule has 2 N–H and O–H groups in total. The molecule has 3 aromatic carbocycles. The summed E-state index contributed by atoms with van der Waals surface area (Å²) in [5, 5.41) is 6.71. The average molecular weight is 744 g/mol. The quantitative estimate of drug-likeness (QED) is 0.203. The van der Waals surface area contributed by atoms with Crippen LogP contribution in [0, 0.1) is 5.92 Å². The summed E-state index contributed by atoms with van der Waals surface area (Å²) in [7, 11) is 1.62. The second kappa shape index (κ2) is 15.7. The Kier molecular flexibility index (Phi) is 10.8. The summed E-state index contributed by atoms with van der Waals surface area (Å²) in [6.07, 6.45) is 1.19. The first-order valence-electron chi connectivity index (χ1n) is 18.6. The monoisotopic (exact) mass is 743 g/mol. The first-order valence-corrected chi connectivity index (χ1v) is 18.6. The number of imide groups is 1. The van der Waals surface area contributed by atoms with Crippen LogP contribution < -0.4 is 20.9 Å². The van der Waals surface area contributed by atoms with Gasteiger partial charge in [-0.3, -0.25) is 29.4 Å². The molecule has 10 nitrogen and oxygen atoms in total. The number of amides is 3. The third-order valence-electron chi connectivity index (χ3n) is 11.1. The minimum Gasteiger partial charge on any atom is -0.405 e. The zero-order valence-electron chi connectivity index (χ0n) is 30.2.